The van der Waals surface area contributed by atoms with Crippen LogP contribution in [-0.2, 0) is 11.3 Å². The molecule has 2 amide bonds. The molecule has 2 aromatic carbocycles. The summed E-state index contributed by atoms with van der Waals surface area (Å²) in [5.41, 5.74) is 3.20. The van der Waals surface area contributed by atoms with Gasteiger partial charge >= 0.3 is 0 Å². The summed E-state index contributed by atoms with van der Waals surface area (Å²) in [5.74, 6) is -0.00383. The highest BCUT2D eigenvalue weighted by Crippen LogP contribution is 2.19. The zero-order valence-corrected chi connectivity index (χ0v) is 19.7. The summed E-state index contributed by atoms with van der Waals surface area (Å²) in [7, 11) is 0. The Bertz CT molecular complexity index is 907. The molecule has 4 rings (SSSR count). The number of piperazine rings is 1. The first-order valence-corrected chi connectivity index (χ1v) is 12.2. The second-order valence-electron chi connectivity index (χ2n) is 9.35. The summed E-state index contributed by atoms with van der Waals surface area (Å²) in [6.45, 7) is 9.98. The lowest BCUT2D eigenvalue weighted by Crippen LogP contribution is -2.49. The van der Waals surface area contributed by atoms with Crippen molar-refractivity contribution >= 4 is 11.8 Å². The van der Waals surface area contributed by atoms with Gasteiger partial charge in [-0.05, 0) is 37.5 Å². The van der Waals surface area contributed by atoms with Crippen molar-refractivity contribution in [2.24, 2.45) is 5.92 Å². The highest BCUT2D eigenvalue weighted by Gasteiger charge is 2.29. The first-order valence-electron chi connectivity index (χ1n) is 12.2. The van der Waals surface area contributed by atoms with Gasteiger partial charge in [-0.2, -0.15) is 0 Å². The molecule has 0 spiro atoms. The summed E-state index contributed by atoms with van der Waals surface area (Å²) in [5, 5.41) is 3.13. The molecule has 0 aromatic heterocycles. The van der Waals surface area contributed by atoms with Crippen molar-refractivity contribution in [3.8, 4) is 0 Å². The summed E-state index contributed by atoms with van der Waals surface area (Å²) >= 11 is 0. The van der Waals surface area contributed by atoms with Crippen LogP contribution in [0.15, 0.2) is 54.6 Å². The molecule has 2 saturated heterocycles. The Morgan fingerprint density at radius 2 is 1.61 bits per heavy atom. The number of nitrogens with one attached hydrogen (secondary N) is 1. The van der Waals surface area contributed by atoms with Crippen LogP contribution in [0.2, 0.25) is 0 Å². The molecule has 2 aliphatic rings. The molecule has 2 aromatic rings. The number of nitrogens with zero attached hydrogens (tertiary/aromatic N) is 3. The zero-order valence-electron chi connectivity index (χ0n) is 19.7. The topological polar surface area (TPSA) is 55.9 Å². The van der Waals surface area contributed by atoms with Crippen LogP contribution >= 0.6 is 0 Å². The van der Waals surface area contributed by atoms with Crippen molar-refractivity contribution in [3.63, 3.8) is 0 Å². The number of carbonyl (C=O) groups excluding carboxylic acids is 2. The molecule has 1 N–H and O–H groups in total. The average Bonchev–Trinajstić information content (AvgIpc) is 2.86. The Morgan fingerprint density at radius 3 is 2.33 bits per heavy atom. The molecule has 1 atom stereocenters. The maximum absolute atomic E-state index is 12.8. The van der Waals surface area contributed by atoms with Gasteiger partial charge in [0.1, 0.15) is 0 Å². The number of likely N-dealkylation sites (tertiary alicyclic amines) is 1. The molecule has 176 valence electrons. The van der Waals surface area contributed by atoms with Crippen LogP contribution in [0.25, 0.3) is 0 Å². The highest BCUT2D eigenvalue weighted by atomic mass is 16.2. The van der Waals surface area contributed by atoms with Gasteiger partial charge in [0.25, 0.3) is 5.91 Å². The Hall–Kier alpha value is -2.70. The Kier molecular flexibility index (Phi) is 8.13. The van der Waals surface area contributed by atoms with Crippen LogP contribution in [0.4, 0.5) is 0 Å². The number of amides is 2. The van der Waals surface area contributed by atoms with Gasteiger partial charge in [0.15, 0.2) is 0 Å². The SMILES string of the molecule is Cc1ccc(C(=O)N2CCC[C@H](C(=O)NCCN3CCN(Cc4ccccc4)CC3)C2)cc1. The molecule has 2 heterocycles. The molecular formula is C27H36N4O2. The lowest BCUT2D eigenvalue weighted by atomic mass is 9.96. The van der Waals surface area contributed by atoms with Gasteiger partial charge in [-0.25, -0.2) is 0 Å². The molecule has 0 saturated carbocycles. The van der Waals surface area contributed by atoms with Gasteiger partial charge in [0, 0.05) is 64.5 Å². The maximum Gasteiger partial charge on any atom is 0.253 e. The van der Waals surface area contributed by atoms with Crippen LogP contribution < -0.4 is 5.32 Å². The van der Waals surface area contributed by atoms with Crippen molar-refractivity contribution in [1.29, 1.82) is 0 Å². The van der Waals surface area contributed by atoms with Gasteiger partial charge in [-0.15, -0.1) is 0 Å². The Morgan fingerprint density at radius 1 is 0.909 bits per heavy atom. The molecule has 0 aliphatic carbocycles. The first kappa shape index (κ1) is 23.5. The van der Waals surface area contributed by atoms with Crippen molar-refractivity contribution in [2.45, 2.75) is 26.3 Å². The fraction of sp³-hybridized carbons (Fsp3) is 0.481. The van der Waals surface area contributed by atoms with Gasteiger partial charge in [0.2, 0.25) is 5.91 Å². The number of carbonyl (C=O) groups is 2. The largest absolute Gasteiger partial charge is 0.355 e. The van der Waals surface area contributed by atoms with E-state index >= 15 is 0 Å². The molecular weight excluding hydrogens is 412 g/mol. The summed E-state index contributed by atoms with van der Waals surface area (Å²) in [6, 6.07) is 18.3. The van der Waals surface area contributed by atoms with Crippen LogP contribution in [-0.4, -0.2) is 78.9 Å². The number of piperidine rings is 1. The van der Waals surface area contributed by atoms with E-state index in [1.165, 1.54) is 5.56 Å². The van der Waals surface area contributed by atoms with E-state index in [0.29, 0.717) is 18.7 Å². The standard InChI is InChI=1S/C27H36N4O2/c1-22-9-11-24(12-10-22)27(33)31-14-5-8-25(21-31)26(32)28-13-15-29-16-18-30(19-17-29)20-23-6-3-2-4-7-23/h2-4,6-7,9-12,25H,5,8,13-21H2,1H3,(H,28,32)/t25-/m0/s1. The van der Waals surface area contributed by atoms with Gasteiger partial charge in [-0.1, -0.05) is 48.0 Å². The monoisotopic (exact) mass is 448 g/mol. The fourth-order valence-corrected chi connectivity index (χ4v) is 4.75. The lowest BCUT2D eigenvalue weighted by Gasteiger charge is -2.35. The third-order valence-electron chi connectivity index (χ3n) is 6.82. The first-order chi connectivity index (χ1) is 16.1. The third kappa shape index (κ3) is 6.65. The van der Waals surface area contributed by atoms with E-state index in [1.54, 1.807) is 0 Å². The molecule has 0 unspecified atom stereocenters. The van der Waals surface area contributed by atoms with Crippen molar-refractivity contribution < 1.29 is 9.59 Å². The number of hydrogen-bond acceptors (Lipinski definition) is 4. The molecule has 6 nitrogen and oxygen atoms in total. The molecule has 6 heteroatoms. The highest BCUT2D eigenvalue weighted by molar-refractivity contribution is 5.94. The molecule has 0 bridgehead atoms. The van der Waals surface area contributed by atoms with E-state index < -0.39 is 0 Å². The van der Waals surface area contributed by atoms with E-state index in [9.17, 15) is 9.59 Å². The zero-order chi connectivity index (χ0) is 23.0. The van der Waals surface area contributed by atoms with Crippen molar-refractivity contribution in [3.05, 3.63) is 71.3 Å². The average molecular weight is 449 g/mol. The van der Waals surface area contributed by atoms with Crippen molar-refractivity contribution in [1.82, 2.24) is 20.0 Å². The number of rotatable bonds is 7. The molecule has 33 heavy (non-hydrogen) atoms. The second kappa shape index (κ2) is 11.4. The predicted octanol–water partition coefficient (Wildman–Crippen LogP) is 2.78. The Labute approximate surface area is 197 Å². The molecule has 0 radical (unpaired) electrons. The third-order valence-corrected chi connectivity index (χ3v) is 6.82. The lowest BCUT2D eigenvalue weighted by molar-refractivity contribution is -0.126. The second-order valence-corrected chi connectivity index (χ2v) is 9.35. The minimum atomic E-state index is -0.115. The minimum absolute atomic E-state index is 0.0286. The quantitative estimate of drug-likeness (QED) is 0.708. The van der Waals surface area contributed by atoms with E-state index in [-0.39, 0.29) is 17.7 Å². The Balaban J connectivity index is 1.16. The van der Waals surface area contributed by atoms with Crippen LogP contribution in [0.1, 0.15) is 34.3 Å². The van der Waals surface area contributed by atoms with E-state index in [2.05, 4.69) is 45.4 Å². The van der Waals surface area contributed by atoms with Gasteiger partial charge in [-0.3, -0.25) is 19.4 Å². The van der Waals surface area contributed by atoms with Gasteiger partial charge < -0.3 is 10.2 Å². The number of benzene rings is 2. The number of aryl methyl sites for hydroxylation is 1. The van der Waals surface area contributed by atoms with E-state index in [0.717, 1.165) is 64.2 Å². The summed E-state index contributed by atoms with van der Waals surface area (Å²) in [4.78, 5) is 32.3. The van der Waals surface area contributed by atoms with E-state index in [1.807, 2.05) is 36.1 Å². The molecule has 2 aliphatic heterocycles. The van der Waals surface area contributed by atoms with Gasteiger partial charge in [0.05, 0.1) is 5.92 Å². The summed E-state index contributed by atoms with van der Waals surface area (Å²) in [6.07, 6.45) is 1.72. The maximum atomic E-state index is 12.8. The molecule has 2 fully saturated rings. The normalized spacial score (nSPS) is 19.9. The predicted molar refractivity (Wildman–Crippen MR) is 131 cm³/mol. The van der Waals surface area contributed by atoms with Crippen LogP contribution in [0, 0.1) is 12.8 Å². The van der Waals surface area contributed by atoms with Crippen LogP contribution in [0.3, 0.4) is 0 Å². The number of hydrogen-bond donors (Lipinski definition) is 1. The smallest absolute Gasteiger partial charge is 0.253 e. The fourth-order valence-electron chi connectivity index (χ4n) is 4.75. The van der Waals surface area contributed by atoms with Crippen molar-refractivity contribution in [2.75, 3.05) is 52.4 Å². The van der Waals surface area contributed by atoms with E-state index in [4.69, 9.17) is 0 Å². The minimum Gasteiger partial charge on any atom is -0.355 e. The van der Waals surface area contributed by atoms with Crippen LogP contribution in [0.5, 0.6) is 0 Å². The summed E-state index contributed by atoms with van der Waals surface area (Å²) < 4.78 is 0.